The Hall–Kier alpha value is -2.24. The van der Waals surface area contributed by atoms with Crippen LogP contribution in [0.1, 0.15) is 24.2 Å². The number of hydrogen-bond acceptors (Lipinski definition) is 3. The molecule has 0 saturated carbocycles. The van der Waals surface area contributed by atoms with Gasteiger partial charge in [-0.1, -0.05) is 42.5 Å². The molecule has 0 aliphatic carbocycles. The summed E-state index contributed by atoms with van der Waals surface area (Å²) in [6, 6.07) is 15.0. The smallest absolute Gasteiger partial charge is 0.217 e. The number of ether oxygens (including phenoxy) is 1. The van der Waals surface area contributed by atoms with Crippen molar-refractivity contribution in [3.05, 3.63) is 59.7 Å². The minimum Gasteiger partial charge on any atom is -0.375 e. The number of alkyl halides is 1. The predicted molar refractivity (Wildman–Crippen MR) is 93.1 cm³/mol. The quantitative estimate of drug-likeness (QED) is 0.820. The molecule has 2 aromatic rings. The van der Waals surface area contributed by atoms with Crippen LogP contribution in [0, 0.1) is 0 Å². The number of carbonyl (C=O) groups excluding carboxylic acids is 1. The van der Waals surface area contributed by atoms with E-state index in [9.17, 15) is 9.18 Å². The highest BCUT2D eigenvalue weighted by Crippen LogP contribution is 2.25. The van der Waals surface area contributed by atoms with E-state index < -0.39 is 18.8 Å². The van der Waals surface area contributed by atoms with Gasteiger partial charge >= 0.3 is 0 Å². The van der Waals surface area contributed by atoms with E-state index in [1.807, 2.05) is 48.5 Å². The van der Waals surface area contributed by atoms with Crippen LogP contribution in [-0.4, -0.2) is 25.7 Å². The number of halogens is 1. The van der Waals surface area contributed by atoms with Gasteiger partial charge in [0.05, 0.1) is 12.1 Å². The molecule has 2 aromatic carbocycles. The van der Waals surface area contributed by atoms with Gasteiger partial charge in [-0.2, -0.15) is 0 Å². The molecule has 3 N–H and O–H groups in total. The number of hydrogen-bond donors (Lipinski definition) is 2. The highest BCUT2D eigenvalue weighted by Gasteiger charge is 2.19. The Balaban J connectivity index is 2.18. The summed E-state index contributed by atoms with van der Waals surface area (Å²) >= 11 is 0. The molecule has 0 bridgehead atoms. The van der Waals surface area contributed by atoms with Crippen molar-refractivity contribution >= 4 is 5.91 Å². The number of nitrogens with one attached hydrogen (secondary N) is 1. The SMILES string of the molecule is COC(c1ccc(-c2cccc(CNC(C)=O)c2)cc1)C(N)CF. The van der Waals surface area contributed by atoms with Crippen molar-refractivity contribution in [2.24, 2.45) is 5.73 Å². The molecule has 4 nitrogen and oxygen atoms in total. The molecular weight excluding hydrogens is 307 g/mol. The highest BCUT2D eigenvalue weighted by molar-refractivity contribution is 5.73. The Kier molecular flexibility index (Phi) is 6.46. The topological polar surface area (TPSA) is 64.3 Å². The fourth-order valence-corrected chi connectivity index (χ4v) is 2.59. The van der Waals surface area contributed by atoms with Crippen molar-refractivity contribution in [1.82, 2.24) is 5.32 Å². The van der Waals surface area contributed by atoms with Crippen molar-refractivity contribution in [3.63, 3.8) is 0 Å². The normalized spacial score (nSPS) is 13.3. The monoisotopic (exact) mass is 330 g/mol. The molecule has 128 valence electrons. The van der Waals surface area contributed by atoms with Gasteiger partial charge in [-0.25, -0.2) is 4.39 Å². The lowest BCUT2D eigenvalue weighted by atomic mass is 9.98. The van der Waals surface area contributed by atoms with Gasteiger partial charge in [-0.3, -0.25) is 4.79 Å². The first kappa shape index (κ1) is 18.1. The van der Waals surface area contributed by atoms with Crippen LogP contribution in [0.3, 0.4) is 0 Å². The molecule has 0 aromatic heterocycles. The van der Waals surface area contributed by atoms with Gasteiger partial charge in [0.25, 0.3) is 0 Å². The van der Waals surface area contributed by atoms with E-state index >= 15 is 0 Å². The summed E-state index contributed by atoms with van der Waals surface area (Å²) in [6.07, 6.45) is -0.463. The first-order valence-electron chi connectivity index (χ1n) is 7.83. The molecule has 2 atom stereocenters. The minimum atomic E-state index is -0.679. The zero-order chi connectivity index (χ0) is 17.5. The van der Waals surface area contributed by atoms with E-state index in [-0.39, 0.29) is 5.91 Å². The fraction of sp³-hybridized carbons (Fsp3) is 0.316. The first-order chi connectivity index (χ1) is 11.5. The van der Waals surface area contributed by atoms with Crippen molar-refractivity contribution in [2.45, 2.75) is 25.6 Å². The Bertz CT molecular complexity index is 673. The molecule has 24 heavy (non-hydrogen) atoms. The lowest BCUT2D eigenvalue weighted by Gasteiger charge is -2.20. The first-order valence-corrected chi connectivity index (χ1v) is 7.83. The zero-order valence-electron chi connectivity index (χ0n) is 14.0. The lowest BCUT2D eigenvalue weighted by molar-refractivity contribution is -0.119. The second kappa shape index (κ2) is 8.57. The van der Waals surface area contributed by atoms with E-state index in [0.717, 1.165) is 22.3 Å². The Labute approximate surface area is 141 Å². The van der Waals surface area contributed by atoms with E-state index in [2.05, 4.69) is 5.32 Å². The summed E-state index contributed by atoms with van der Waals surface area (Å²) in [5, 5.41) is 2.79. The van der Waals surface area contributed by atoms with Gasteiger partial charge < -0.3 is 15.8 Å². The van der Waals surface area contributed by atoms with Gasteiger partial charge in [0.2, 0.25) is 5.91 Å². The van der Waals surface area contributed by atoms with Gasteiger partial charge in [0.15, 0.2) is 0 Å². The molecule has 0 heterocycles. The third kappa shape index (κ3) is 4.63. The summed E-state index contributed by atoms with van der Waals surface area (Å²) in [5.41, 5.74) is 9.71. The second-order valence-corrected chi connectivity index (χ2v) is 5.71. The minimum absolute atomic E-state index is 0.0560. The molecule has 1 amide bonds. The standard InChI is InChI=1S/C19H23FN2O2/c1-13(23)22-12-14-4-3-5-17(10-14)15-6-8-16(9-7-15)19(24-2)18(21)11-20/h3-10,18-19H,11-12,21H2,1-2H3,(H,22,23). The van der Waals surface area contributed by atoms with Crippen molar-refractivity contribution < 1.29 is 13.9 Å². The lowest BCUT2D eigenvalue weighted by Crippen LogP contribution is -2.31. The van der Waals surface area contributed by atoms with Gasteiger partial charge in [-0.15, -0.1) is 0 Å². The van der Waals surface area contributed by atoms with Crippen LogP contribution >= 0.6 is 0 Å². The number of carbonyl (C=O) groups is 1. The average molecular weight is 330 g/mol. The maximum absolute atomic E-state index is 12.8. The van der Waals surface area contributed by atoms with Crippen molar-refractivity contribution in [3.8, 4) is 11.1 Å². The molecule has 0 radical (unpaired) electrons. The third-order valence-electron chi connectivity index (χ3n) is 3.86. The van der Waals surface area contributed by atoms with Crippen LogP contribution in [-0.2, 0) is 16.1 Å². The summed E-state index contributed by atoms with van der Waals surface area (Å²) in [6.45, 7) is 1.36. The number of nitrogens with two attached hydrogens (primary N) is 1. The van der Waals surface area contributed by atoms with Gasteiger partial charge in [0.1, 0.15) is 6.67 Å². The summed E-state index contributed by atoms with van der Waals surface area (Å²) in [5.74, 6) is -0.0560. The molecular formula is C19H23FN2O2. The number of rotatable bonds is 7. The summed E-state index contributed by atoms with van der Waals surface area (Å²) < 4.78 is 18.1. The second-order valence-electron chi connectivity index (χ2n) is 5.71. The molecule has 2 rings (SSSR count). The molecule has 0 saturated heterocycles. The molecule has 0 aliphatic rings. The molecule has 2 unspecified atom stereocenters. The van der Waals surface area contributed by atoms with Crippen LogP contribution in [0.5, 0.6) is 0 Å². The predicted octanol–water partition coefficient (Wildman–Crippen LogP) is 2.97. The van der Waals surface area contributed by atoms with Crippen LogP contribution in [0.2, 0.25) is 0 Å². The Morgan fingerprint density at radius 3 is 2.50 bits per heavy atom. The zero-order valence-corrected chi connectivity index (χ0v) is 14.0. The maximum Gasteiger partial charge on any atom is 0.217 e. The fourth-order valence-electron chi connectivity index (χ4n) is 2.59. The van der Waals surface area contributed by atoms with Crippen LogP contribution in [0.15, 0.2) is 48.5 Å². The molecule has 0 aliphatic heterocycles. The molecule has 0 fully saturated rings. The van der Waals surface area contributed by atoms with E-state index in [0.29, 0.717) is 6.54 Å². The Morgan fingerprint density at radius 2 is 1.92 bits per heavy atom. The van der Waals surface area contributed by atoms with Crippen LogP contribution in [0.25, 0.3) is 11.1 Å². The largest absolute Gasteiger partial charge is 0.375 e. The van der Waals surface area contributed by atoms with E-state index in [4.69, 9.17) is 10.5 Å². The van der Waals surface area contributed by atoms with Gasteiger partial charge in [0, 0.05) is 20.6 Å². The molecule has 5 heteroatoms. The maximum atomic E-state index is 12.8. The highest BCUT2D eigenvalue weighted by atomic mass is 19.1. The molecule has 0 spiro atoms. The summed E-state index contributed by atoms with van der Waals surface area (Å²) in [4.78, 5) is 11.0. The average Bonchev–Trinajstić information content (AvgIpc) is 2.61. The van der Waals surface area contributed by atoms with Crippen LogP contribution < -0.4 is 11.1 Å². The Morgan fingerprint density at radius 1 is 1.21 bits per heavy atom. The van der Waals surface area contributed by atoms with E-state index in [1.54, 1.807) is 0 Å². The van der Waals surface area contributed by atoms with Crippen molar-refractivity contribution in [2.75, 3.05) is 13.8 Å². The number of amides is 1. The summed E-state index contributed by atoms with van der Waals surface area (Å²) in [7, 11) is 1.53. The number of methoxy groups -OCH3 is 1. The third-order valence-corrected chi connectivity index (χ3v) is 3.86. The van der Waals surface area contributed by atoms with Gasteiger partial charge in [-0.05, 0) is 28.3 Å². The van der Waals surface area contributed by atoms with Crippen LogP contribution in [0.4, 0.5) is 4.39 Å². The number of benzene rings is 2. The van der Waals surface area contributed by atoms with Crippen molar-refractivity contribution in [1.29, 1.82) is 0 Å². The van der Waals surface area contributed by atoms with E-state index in [1.165, 1.54) is 14.0 Å².